The van der Waals surface area contributed by atoms with Crippen LogP contribution in [0.25, 0.3) is 33.6 Å². The Kier molecular flexibility index (Phi) is 11.5. The summed E-state index contributed by atoms with van der Waals surface area (Å²) in [6.07, 6.45) is 3.85. The summed E-state index contributed by atoms with van der Waals surface area (Å²) in [5.41, 5.74) is 12.9. The molecular formula is C41H38IrN2-2. The van der Waals surface area contributed by atoms with Crippen LogP contribution in [0.5, 0.6) is 0 Å². The summed E-state index contributed by atoms with van der Waals surface area (Å²) in [4.78, 5) is 9.08. The van der Waals surface area contributed by atoms with E-state index in [2.05, 4.69) is 154 Å². The number of rotatable bonds is 6. The topological polar surface area (TPSA) is 25.8 Å². The maximum Gasteiger partial charge on any atom is 0.0193 e. The largest absolute Gasteiger partial charge is 0.305 e. The third kappa shape index (κ3) is 8.26. The van der Waals surface area contributed by atoms with Gasteiger partial charge in [-0.3, -0.25) is 0 Å². The third-order valence-corrected chi connectivity index (χ3v) is 7.79. The molecule has 0 saturated carbocycles. The molecule has 4 aromatic carbocycles. The Balaban J connectivity index is 0.000000197. The predicted molar refractivity (Wildman–Crippen MR) is 180 cm³/mol. The van der Waals surface area contributed by atoms with Crippen LogP contribution in [0, 0.1) is 26.0 Å². The molecule has 0 spiro atoms. The van der Waals surface area contributed by atoms with E-state index in [4.69, 9.17) is 0 Å². The van der Waals surface area contributed by atoms with E-state index in [-0.39, 0.29) is 20.1 Å². The molecule has 0 fully saturated rings. The Morgan fingerprint density at radius 2 is 1.32 bits per heavy atom. The van der Waals surface area contributed by atoms with Crippen molar-refractivity contribution in [1.29, 1.82) is 0 Å². The first kappa shape index (κ1) is 32.7. The van der Waals surface area contributed by atoms with E-state index >= 15 is 0 Å². The van der Waals surface area contributed by atoms with E-state index in [0.29, 0.717) is 11.8 Å². The second-order valence-electron chi connectivity index (χ2n) is 11.3. The van der Waals surface area contributed by atoms with Crippen LogP contribution in [-0.2, 0) is 20.1 Å². The Bertz CT molecular complexity index is 1760. The molecule has 1 atom stereocenters. The summed E-state index contributed by atoms with van der Waals surface area (Å²) in [5, 5.41) is 0. The molecule has 6 rings (SSSR count). The minimum atomic E-state index is 0. The number of hydrogen-bond donors (Lipinski definition) is 0. The van der Waals surface area contributed by atoms with Gasteiger partial charge in [-0.05, 0) is 52.5 Å². The fraction of sp³-hybridized carbons (Fsp3) is 0.171. The van der Waals surface area contributed by atoms with Crippen molar-refractivity contribution < 1.29 is 20.1 Å². The Morgan fingerprint density at radius 3 is 2.00 bits per heavy atom. The Hall–Kier alpha value is -4.17. The van der Waals surface area contributed by atoms with Crippen molar-refractivity contribution in [3.8, 4) is 33.6 Å². The number of aryl methyl sites for hydroxylation is 2. The van der Waals surface area contributed by atoms with Gasteiger partial charge in [0.1, 0.15) is 0 Å². The van der Waals surface area contributed by atoms with Crippen molar-refractivity contribution >= 4 is 0 Å². The van der Waals surface area contributed by atoms with E-state index < -0.39 is 0 Å². The average molecular weight is 751 g/mol. The van der Waals surface area contributed by atoms with E-state index in [1.807, 2.05) is 30.6 Å². The van der Waals surface area contributed by atoms with Crippen molar-refractivity contribution in [1.82, 2.24) is 9.97 Å². The second kappa shape index (κ2) is 15.5. The first-order chi connectivity index (χ1) is 20.9. The summed E-state index contributed by atoms with van der Waals surface area (Å²) >= 11 is 0. The van der Waals surface area contributed by atoms with Crippen molar-refractivity contribution in [2.24, 2.45) is 0 Å². The van der Waals surface area contributed by atoms with Gasteiger partial charge in [-0.1, -0.05) is 106 Å². The summed E-state index contributed by atoms with van der Waals surface area (Å²) in [7, 11) is 0. The van der Waals surface area contributed by atoms with E-state index in [9.17, 15) is 0 Å². The van der Waals surface area contributed by atoms with Gasteiger partial charge < -0.3 is 9.97 Å². The van der Waals surface area contributed by atoms with Crippen LogP contribution >= 0.6 is 0 Å². The molecule has 0 amide bonds. The number of pyridine rings is 2. The van der Waals surface area contributed by atoms with Gasteiger partial charge >= 0.3 is 0 Å². The van der Waals surface area contributed by atoms with Crippen molar-refractivity contribution in [2.75, 3.05) is 0 Å². The van der Waals surface area contributed by atoms with Gasteiger partial charge in [0.05, 0.1) is 0 Å². The maximum atomic E-state index is 4.58. The second-order valence-corrected chi connectivity index (χ2v) is 11.3. The fourth-order valence-electron chi connectivity index (χ4n) is 5.11. The zero-order valence-corrected chi connectivity index (χ0v) is 28.4. The average Bonchev–Trinajstić information content (AvgIpc) is 3.06. The van der Waals surface area contributed by atoms with Gasteiger partial charge in [-0.2, -0.15) is 0 Å². The monoisotopic (exact) mass is 751 g/mol. The first-order valence-electron chi connectivity index (χ1n) is 14.9. The van der Waals surface area contributed by atoms with E-state index in [0.717, 1.165) is 22.5 Å². The van der Waals surface area contributed by atoms with Crippen molar-refractivity contribution in [2.45, 2.75) is 46.5 Å². The molecule has 0 bridgehead atoms. The number of benzene rings is 4. The number of aromatic nitrogens is 2. The van der Waals surface area contributed by atoms with Crippen LogP contribution in [0.2, 0.25) is 0 Å². The predicted octanol–water partition coefficient (Wildman–Crippen LogP) is 10.7. The minimum Gasteiger partial charge on any atom is -0.305 e. The number of hydrogen-bond acceptors (Lipinski definition) is 2. The van der Waals surface area contributed by atoms with Gasteiger partial charge in [-0.15, -0.1) is 70.8 Å². The van der Waals surface area contributed by atoms with E-state index in [1.54, 1.807) is 0 Å². The van der Waals surface area contributed by atoms with Gasteiger partial charge in [-0.25, -0.2) is 0 Å². The molecule has 223 valence electrons. The van der Waals surface area contributed by atoms with Gasteiger partial charge in [0.2, 0.25) is 0 Å². The summed E-state index contributed by atoms with van der Waals surface area (Å²) in [6.45, 7) is 10.9. The zero-order chi connectivity index (χ0) is 30.2. The molecule has 44 heavy (non-hydrogen) atoms. The van der Waals surface area contributed by atoms with Gasteiger partial charge in [0.25, 0.3) is 0 Å². The normalized spacial score (nSPS) is 11.2. The molecule has 0 N–H and O–H groups in total. The van der Waals surface area contributed by atoms with Crippen LogP contribution in [0.3, 0.4) is 0 Å². The van der Waals surface area contributed by atoms with Crippen LogP contribution in [0.1, 0.15) is 60.4 Å². The summed E-state index contributed by atoms with van der Waals surface area (Å²) in [5.74, 6) is 0.859. The quantitative estimate of drug-likeness (QED) is 0.158. The molecule has 1 radical (unpaired) electrons. The molecule has 2 heterocycles. The maximum absolute atomic E-state index is 4.58. The Labute approximate surface area is 276 Å². The summed E-state index contributed by atoms with van der Waals surface area (Å²) in [6, 6.07) is 46.5. The molecule has 0 saturated heterocycles. The molecule has 0 aliphatic carbocycles. The molecule has 1 unspecified atom stereocenters. The molecule has 0 aliphatic heterocycles. The summed E-state index contributed by atoms with van der Waals surface area (Å²) < 4.78 is 0. The van der Waals surface area contributed by atoms with Crippen LogP contribution in [-0.4, -0.2) is 9.97 Å². The fourth-order valence-corrected chi connectivity index (χ4v) is 5.11. The minimum absolute atomic E-state index is 0. The first-order valence-corrected chi connectivity index (χ1v) is 14.9. The molecule has 3 heteroatoms. The molecular weight excluding hydrogens is 713 g/mol. The standard InChI is InChI=1S/C21H20N.C20H18N.Ir/c1-15-9-11-19(12-10-15)21-13-20(16(2)14-22-21)17(3)18-7-5-4-6-8-18;1-15(2)17-11-12-21-20(14-17)19-10-6-9-18(13-19)16-7-4-3-5-8-16;/h4-11,13-14,17H,1-3H3;3-9,11-15H,1-2H3;/q2*-1;. The SMILES string of the molecule is CC(C)c1ccnc(-c2[c-]ccc(-c3ccccc3)c2)c1.Cc1c[c-]c(-c2cc(C(C)c3ccccc3)c(C)cn2)cc1.[Ir]. The van der Waals surface area contributed by atoms with Crippen LogP contribution in [0.15, 0.2) is 128 Å². The van der Waals surface area contributed by atoms with E-state index in [1.165, 1.54) is 38.9 Å². The Morgan fingerprint density at radius 1 is 0.614 bits per heavy atom. The van der Waals surface area contributed by atoms with Crippen molar-refractivity contribution in [3.63, 3.8) is 0 Å². The molecule has 0 aliphatic rings. The van der Waals surface area contributed by atoms with Crippen LogP contribution < -0.4 is 0 Å². The molecule has 2 aromatic heterocycles. The number of nitrogens with zero attached hydrogens (tertiary/aromatic N) is 2. The van der Waals surface area contributed by atoms with Crippen molar-refractivity contribution in [3.05, 3.63) is 168 Å². The smallest absolute Gasteiger partial charge is 0.0193 e. The molecule has 6 aromatic rings. The zero-order valence-electron chi connectivity index (χ0n) is 26.0. The molecule has 2 nitrogen and oxygen atoms in total. The van der Waals surface area contributed by atoms with Gasteiger partial charge in [0, 0.05) is 38.4 Å². The van der Waals surface area contributed by atoms with Gasteiger partial charge in [0.15, 0.2) is 0 Å². The third-order valence-electron chi connectivity index (χ3n) is 7.79. The van der Waals surface area contributed by atoms with Crippen LogP contribution in [0.4, 0.5) is 0 Å².